The Morgan fingerprint density at radius 3 is 2.63 bits per heavy atom. The second-order valence-corrected chi connectivity index (χ2v) is 7.46. The summed E-state index contributed by atoms with van der Waals surface area (Å²) < 4.78 is 5.88. The van der Waals surface area contributed by atoms with E-state index < -0.39 is 0 Å². The van der Waals surface area contributed by atoms with Crippen molar-refractivity contribution in [3.63, 3.8) is 0 Å². The largest absolute Gasteiger partial charge is 0.488 e. The van der Waals surface area contributed by atoms with Crippen molar-refractivity contribution in [1.82, 2.24) is 4.90 Å². The smallest absolute Gasteiger partial charge is 0.293 e. The number of imide groups is 1. The highest BCUT2D eigenvalue weighted by Gasteiger charge is 2.34. The van der Waals surface area contributed by atoms with Crippen molar-refractivity contribution in [2.24, 2.45) is 0 Å². The number of hydrogen-bond donors (Lipinski definition) is 0. The van der Waals surface area contributed by atoms with Crippen LogP contribution in [0, 0.1) is 0 Å². The van der Waals surface area contributed by atoms with Crippen LogP contribution in [-0.2, 0) is 11.4 Å². The maximum atomic E-state index is 12.4. The molecule has 2 aromatic rings. The summed E-state index contributed by atoms with van der Waals surface area (Å²) in [6, 6.07) is 12.6. The number of thioether (sulfide) groups is 1. The Bertz CT molecular complexity index is 943. The van der Waals surface area contributed by atoms with Crippen LogP contribution in [0.25, 0.3) is 6.08 Å². The number of ether oxygens (including phenoxy) is 1. The molecule has 1 aliphatic rings. The number of carbonyl (C=O) groups excluding carboxylic acids is 2. The van der Waals surface area contributed by atoms with Crippen LogP contribution in [0.3, 0.4) is 0 Å². The first-order valence-electron chi connectivity index (χ1n) is 8.01. The highest BCUT2D eigenvalue weighted by atomic mass is 35.5. The minimum atomic E-state index is -0.329. The average Bonchev–Trinajstić information content (AvgIpc) is 2.91. The molecule has 2 aromatic carbocycles. The summed E-state index contributed by atoms with van der Waals surface area (Å²) in [5.74, 6) is 0.267. The van der Waals surface area contributed by atoms with E-state index in [4.69, 9.17) is 27.9 Å². The summed E-state index contributed by atoms with van der Waals surface area (Å²) in [5, 5.41) is 0.637. The van der Waals surface area contributed by atoms with Crippen LogP contribution in [0.4, 0.5) is 4.79 Å². The first kappa shape index (κ1) is 19.5. The van der Waals surface area contributed by atoms with Gasteiger partial charge in [-0.15, -0.1) is 6.58 Å². The van der Waals surface area contributed by atoms with Gasteiger partial charge in [-0.05, 0) is 41.6 Å². The predicted molar refractivity (Wildman–Crippen MR) is 110 cm³/mol. The van der Waals surface area contributed by atoms with Gasteiger partial charge in [-0.1, -0.05) is 53.5 Å². The molecule has 0 bridgehead atoms. The molecular formula is C20H15Cl2NO3S. The standard InChI is InChI=1S/C20H15Cl2NO3S/c1-2-9-23-19(24)18(27-20(23)25)11-14-5-3-4-6-17(14)26-12-13-7-8-15(21)16(22)10-13/h2-8,10-11H,1,9,12H2/b18-11+. The summed E-state index contributed by atoms with van der Waals surface area (Å²) in [4.78, 5) is 25.8. The molecule has 3 rings (SSSR count). The van der Waals surface area contributed by atoms with Gasteiger partial charge in [0.2, 0.25) is 0 Å². The number of para-hydroxylation sites is 1. The molecule has 1 heterocycles. The van der Waals surface area contributed by atoms with Gasteiger partial charge < -0.3 is 4.74 Å². The lowest BCUT2D eigenvalue weighted by Crippen LogP contribution is -2.27. The first-order chi connectivity index (χ1) is 13.0. The number of carbonyl (C=O) groups is 2. The van der Waals surface area contributed by atoms with Crippen LogP contribution in [0.15, 0.2) is 60.0 Å². The van der Waals surface area contributed by atoms with E-state index in [0.29, 0.717) is 32.9 Å². The number of rotatable bonds is 6. The molecule has 0 N–H and O–H groups in total. The normalized spacial score (nSPS) is 15.5. The highest BCUT2D eigenvalue weighted by Crippen LogP contribution is 2.34. The number of amides is 2. The van der Waals surface area contributed by atoms with Gasteiger partial charge in [0, 0.05) is 12.1 Å². The van der Waals surface area contributed by atoms with Gasteiger partial charge in [-0.2, -0.15) is 0 Å². The molecule has 1 aliphatic heterocycles. The molecule has 1 saturated heterocycles. The van der Waals surface area contributed by atoms with Crippen LogP contribution in [0.1, 0.15) is 11.1 Å². The Hall–Kier alpha value is -2.21. The van der Waals surface area contributed by atoms with Gasteiger partial charge in [-0.3, -0.25) is 14.5 Å². The van der Waals surface area contributed by atoms with Gasteiger partial charge in [0.05, 0.1) is 15.0 Å². The maximum absolute atomic E-state index is 12.4. The van der Waals surface area contributed by atoms with Crippen molar-refractivity contribution < 1.29 is 14.3 Å². The molecule has 0 unspecified atom stereocenters. The molecule has 7 heteroatoms. The van der Waals surface area contributed by atoms with E-state index in [1.165, 1.54) is 6.08 Å². The second kappa shape index (κ2) is 8.65. The van der Waals surface area contributed by atoms with Crippen LogP contribution in [0.2, 0.25) is 10.0 Å². The number of hydrogen-bond acceptors (Lipinski definition) is 4. The third kappa shape index (κ3) is 4.56. The van der Waals surface area contributed by atoms with Crippen LogP contribution in [0.5, 0.6) is 5.75 Å². The Balaban J connectivity index is 1.80. The van der Waals surface area contributed by atoms with E-state index in [1.54, 1.807) is 24.3 Å². The summed E-state index contributed by atoms with van der Waals surface area (Å²) in [6.07, 6.45) is 3.19. The van der Waals surface area contributed by atoms with E-state index in [9.17, 15) is 9.59 Å². The fourth-order valence-electron chi connectivity index (χ4n) is 2.45. The third-order valence-electron chi connectivity index (χ3n) is 3.77. The van der Waals surface area contributed by atoms with Crippen molar-refractivity contribution in [2.75, 3.05) is 6.54 Å². The minimum Gasteiger partial charge on any atom is -0.488 e. The van der Waals surface area contributed by atoms with E-state index >= 15 is 0 Å². The first-order valence-corrected chi connectivity index (χ1v) is 9.59. The molecule has 1 fully saturated rings. The molecule has 0 saturated carbocycles. The topological polar surface area (TPSA) is 46.6 Å². The SMILES string of the molecule is C=CCN1C(=O)S/C(=C/c2ccccc2OCc2ccc(Cl)c(Cl)c2)C1=O. The number of nitrogens with zero attached hydrogens (tertiary/aromatic N) is 1. The fourth-order valence-corrected chi connectivity index (χ4v) is 3.61. The Morgan fingerprint density at radius 1 is 1.11 bits per heavy atom. The maximum Gasteiger partial charge on any atom is 0.293 e. The fraction of sp³-hybridized carbons (Fsp3) is 0.100. The van der Waals surface area contributed by atoms with Crippen molar-refractivity contribution in [3.8, 4) is 5.75 Å². The zero-order valence-electron chi connectivity index (χ0n) is 14.2. The Labute approximate surface area is 171 Å². The van der Waals surface area contributed by atoms with Crippen molar-refractivity contribution in [1.29, 1.82) is 0 Å². The van der Waals surface area contributed by atoms with E-state index in [1.807, 2.05) is 24.3 Å². The second-order valence-electron chi connectivity index (χ2n) is 5.66. The van der Waals surface area contributed by atoms with Gasteiger partial charge in [-0.25, -0.2) is 0 Å². The lowest BCUT2D eigenvalue weighted by atomic mass is 10.1. The molecule has 2 amide bonds. The Morgan fingerprint density at radius 2 is 1.89 bits per heavy atom. The van der Waals surface area contributed by atoms with E-state index in [2.05, 4.69) is 6.58 Å². The quantitative estimate of drug-likeness (QED) is 0.438. The van der Waals surface area contributed by atoms with Gasteiger partial charge in [0.25, 0.3) is 11.1 Å². The molecule has 0 spiro atoms. The molecule has 4 nitrogen and oxygen atoms in total. The molecule has 0 aromatic heterocycles. The summed E-state index contributed by atoms with van der Waals surface area (Å²) in [5.41, 5.74) is 1.58. The predicted octanol–water partition coefficient (Wildman–Crippen LogP) is 5.79. The molecule has 0 radical (unpaired) electrons. The van der Waals surface area contributed by atoms with Crippen molar-refractivity contribution >= 4 is 52.2 Å². The lowest BCUT2D eigenvalue weighted by Gasteiger charge is -2.10. The average molecular weight is 420 g/mol. The monoisotopic (exact) mass is 419 g/mol. The van der Waals surface area contributed by atoms with Crippen LogP contribution < -0.4 is 4.74 Å². The zero-order chi connectivity index (χ0) is 19.4. The van der Waals surface area contributed by atoms with Crippen molar-refractivity contribution in [3.05, 3.63) is 81.2 Å². The van der Waals surface area contributed by atoms with E-state index in [-0.39, 0.29) is 17.7 Å². The number of halogens is 2. The number of benzene rings is 2. The van der Waals surface area contributed by atoms with Gasteiger partial charge in [0.1, 0.15) is 12.4 Å². The molecular weight excluding hydrogens is 405 g/mol. The minimum absolute atomic E-state index is 0.192. The highest BCUT2D eigenvalue weighted by molar-refractivity contribution is 8.18. The third-order valence-corrected chi connectivity index (χ3v) is 5.42. The molecule has 27 heavy (non-hydrogen) atoms. The van der Waals surface area contributed by atoms with Gasteiger partial charge >= 0.3 is 0 Å². The molecule has 138 valence electrons. The van der Waals surface area contributed by atoms with Gasteiger partial charge in [0.15, 0.2) is 0 Å². The summed E-state index contributed by atoms with van der Waals surface area (Å²) >= 11 is 12.9. The zero-order valence-corrected chi connectivity index (χ0v) is 16.5. The molecule has 0 aliphatic carbocycles. The van der Waals surface area contributed by atoms with Crippen molar-refractivity contribution in [2.45, 2.75) is 6.61 Å². The van der Waals surface area contributed by atoms with Crippen LogP contribution >= 0.6 is 35.0 Å². The summed E-state index contributed by atoms with van der Waals surface area (Å²) in [6.45, 7) is 4.05. The van der Waals surface area contributed by atoms with E-state index in [0.717, 1.165) is 22.2 Å². The Kier molecular flexibility index (Phi) is 6.26. The molecule has 0 atom stereocenters. The summed E-state index contributed by atoms with van der Waals surface area (Å²) in [7, 11) is 0. The van der Waals surface area contributed by atoms with Crippen LogP contribution in [-0.4, -0.2) is 22.6 Å². The lowest BCUT2D eigenvalue weighted by molar-refractivity contribution is -0.122.